The molecule has 2 amide bonds. The van der Waals surface area contributed by atoms with Gasteiger partial charge >= 0.3 is 11.8 Å². The van der Waals surface area contributed by atoms with E-state index >= 15 is 0 Å². The molecule has 6 heteroatoms. The van der Waals surface area contributed by atoms with Gasteiger partial charge in [0.25, 0.3) is 0 Å². The minimum absolute atomic E-state index is 0.197. The molecule has 5 nitrogen and oxygen atoms in total. The number of allylic oxidation sites excluding steroid dienone is 1. The summed E-state index contributed by atoms with van der Waals surface area (Å²) in [5, 5.41) is 7.24. The number of carbonyl (C=O) groups excluding carboxylic acids is 2. The van der Waals surface area contributed by atoms with E-state index in [4.69, 9.17) is 4.42 Å². The normalized spacial score (nSPS) is 14.0. The minimum atomic E-state index is -0.633. The van der Waals surface area contributed by atoms with Gasteiger partial charge in [0.2, 0.25) is 0 Å². The van der Waals surface area contributed by atoms with Crippen LogP contribution in [0, 0.1) is 0 Å². The Balaban J connectivity index is 1.39. The lowest BCUT2D eigenvalue weighted by molar-refractivity contribution is -0.139. The van der Waals surface area contributed by atoms with Gasteiger partial charge in [-0.1, -0.05) is 17.7 Å². The lowest BCUT2D eigenvalue weighted by atomic mass is 9.97. The van der Waals surface area contributed by atoms with Crippen molar-refractivity contribution in [3.05, 3.63) is 47.1 Å². The summed E-state index contributed by atoms with van der Waals surface area (Å²) in [6.45, 7) is 0.699. The summed E-state index contributed by atoms with van der Waals surface area (Å²) in [5.74, 6) is 0.162. The Morgan fingerprint density at radius 3 is 2.76 bits per heavy atom. The molecular formula is C19H22N2O3S. The Morgan fingerprint density at radius 1 is 1.12 bits per heavy atom. The van der Waals surface area contributed by atoms with E-state index in [1.807, 2.05) is 29.6 Å². The molecule has 0 saturated carbocycles. The Labute approximate surface area is 151 Å². The zero-order valence-electron chi connectivity index (χ0n) is 14.0. The van der Waals surface area contributed by atoms with Crippen LogP contribution in [-0.4, -0.2) is 18.4 Å². The monoisotopic (exact) mass is 358 g/mol. The summed E-state index contributed by atoms with van der Waals surface area (Å²) >= 11 is 1.59. The number of amides is 2. The molecule has 0 aliphatic heterocycles. The molecular weight excluding hydrogens is 336 g/mol. The molecule has 0 bridgehead atoms. The van der Waals surface area contributed by atoms with Crippen LogP contribution >= 0.6 is 11.3 Å². The molecule has 0 unspecified atom stereocenters. The van der Waals surface area contributed by atoms with Gasteiger partial charge in [0.1, 0.15) is 11.5 Å². The smallest absolute Gasteiger partial charge is 0.309 e. The molecule has 1 aliphatic rings. The van der Waals surface area contributed by atoms with Crippen LogP contribution in [0.25, 0.3) is 10.6 Å². The van der Waals surface area contributed by atoms with Crippen LogP contribution < -0.4 is 10.6 Å². The van der Waals surface area contributed by atoms with E-state index < -0.39 is 11.8 Å². The first-order chi connectivity index (χ1) is 12.2. The van der Waals surface area contributed by atoms with Crippen molar-refractivity contribution in [3.8, 4) is 10.6 Å². The number of hydrogen-bond donors (Lipinski definition) is 2. The summed E-state index contributed by atoms with van der Waals surface area (Å²) in [6.07, 6.45) is 7.77. The molecule has 132 valence electrons. The topological polar surface area (TPSA) is 71.3 Å². The van der Waals surface area contributed by atoms with Gasteiger partial charge in [-0.15, -0.1) is 11.3 Å². The van der Waals surface area contributed by atoms with Gasteiger partial charge in [-0.05, 0) is 55.7 Å². The van der Waals surface area contributed by atoms with Crippen LogP contribution in [0.15, 0.2) is 45.7 Å². The maximum absolute atomic E-state index is 11.9. The quantitative estimate of drug-likeness (QED) is 0.612. The van der Waals surface area contributed by atoms with E-state index in [1.165, 1.54) is 18.4 Å². The first-order valence-corrected chi connectivity index (χ1v) is 9.47. The van der Waals surface area contributed by atoms with Crippen LogP contribution in [0.3, 0.4) is 0 Å². The first-order valence-electron chi connectivity index (χ1n) is 8.59. The number of rotatable bonds is 6. The van der Waals surface area contributed by atoms with Gasteiger partial charge in [0.15, 0.2) is 0 Å². The lowest BCUT2D eigenvalue weighted by Crippen LogP contribution is -2.40. The van der Waals surface area contributed by atoms with Crippen LogP contribution in [-0.2, 0) is 16.1 Å². The molecule has 2 aromatic rings. The highest BCUT2D eigenvalue weighted by atomic mass is 32.1. The Hall–Kier alpha value is -2.34. The number of thiophene rings is 1. The van der Waals surface area contributed by atoms with E-state index in [9.17, 15) is 9.59 Å². The highest BCUT2D eigenvalue weighted by molar-refractivity contribution is 7.13. The number of carbonyl (C=O) groups is 2. The van der Waals surface area contributed by atoms with Gasteiger partial charge in [0.05, 0.1) is 11.4 Å². The van der Waals surface area contributed by atoms with Crippen molar-refractivity contribution < 1.29 is 14.0 Å². The molecule has 0 radical (unpaired) electrons. The second-order valence-electron chi connectivity index (χ2n) is 6.04. The van der Waals surface area contributed by atoms with Crippen molar-refractivity contribution in [2.24, 2.45) is 0 Å². The summed E-state index contributed by atoms with van der Waals surface area (Å²) in [7, 11) is 0. The van der Waals surface area contributed by atoms with Crippen molar-refractivity contribution >= 4 is 23.2 Å². The molecule has 1 aliphatic carbocycles. The zero-order valence-corrected chi connectivity index (χ0v) is 14.9. The van der Waals surface area contributed by atoms with Crippen molar-refractivity contribution in [2.75, 3.05) is 6.54 Å². The van der Waals surface area contributed by atoms with Crippen LogP contribution in [0.5, 0.6) is 0 Å². The highest BCUT2D eigenvalue weighted by Crippen LogP contribution is 2.26. The maximum atomic E-state index is 11.9. The predicted molar refractivity (Wildman–Crippen MR) is 98.0 cm³/mol. The zero-order chi connectivity index (χ0) is 17.5. The SMILES string of the molecule is O=C(NCCC1=CCCCC1)C(=O)NCc1ccc(-c2cccs2)o1. The molecule has 0 aromatic carbocycles. The average molecular weight is 358 g/mol. The largest absolute Gasteiger partial charge is 0.458 e. The van der Waals surface area contributed by atoms with Crippen molar-refractivity contribution in [3.63, 3.8) is 0 Å². The molecule has 3 rings (SSSR count). The Bertz CT molecular complexity index is 747. The third kappa shape index (κ3) is 5.06. The summed E-state index contributed by atoms with van der Waals surface area (Å²) in [5.41, 5.74) is 1.38. The van der Waals surface area contributed by atoms with E-state index in [2.05, 4.69) is 16.7 Å². The summed E-state index contributed by atoms with van der Waals surface area (Å²) in [6, 6.07) is 7.60. The van der Waals surface area contributed by atoms with Crippen LogP contribution in [0.2, 0.25) is 0 Å². The fourth-order valence-electron chi connectivity index (χ4n) is 2.82. The second kappa shape index (κ2) is 8.67. The third-order valence-corrected chi connectivity index (χ3v) is 5.06. The lowest BCUT2D eigenvalue weighted by Gasteiger charge is -2.12. The van der Waals surface area contributed by atoms with Gasteiger partial charge in [-0.3, -0.25) is 9.59 Å². The van der Waals surface area contributed by atoms with Gasteiger partial charge < -0.3 is 15.1 Å². The van der Waals surface area contributed by atoms with Crippen LogP contribution in [0.4, 0.5) is 0 Å². The third-order valence-electron chi connectivity index (χ3n) is 4.17. The number of nitrogens with one attached hydrogen (secondary N) is 2. The molecule has 2 heterocycles. The predicted octanol–water partition coefficient (Wildman–Crippen LogP) is 3.63. The van der Waals surface area contributed by atoms with E-state index in [0.717, 1.165) is 29.9 Å². The summed E-state index contributed by atoms with van der Waals surface area (Å²) < 4.78 is 5.68. The molecule has 0 saturated heterocycles. The van der Waals surface area contributed by atoms with Gasteiger partial charge in [-0.2, -0.15) is 0 Å². The Morgan fingerprint density at radius 2 is 2.00 bits per heavy atom. The van der Waals surface area contributed by atoms with E-state index in [0.29, 0.717) is 12.3 Å². The molecule has 2 aromatic heterocycles. The number of furan rings is 1. The average Bonchev–Trinajstić information content (AvgIpc) is 3.32. The molecule has 0 fully saturated rings. The molecule has 0 atom stereocenters. The first kappa shape index (κ1) is 17.5. The minimum Gasteiger partial charge on any atom is -0.458 e. The fourth-order valence-corrected chi connectivity index (χ4v) is 3.51. The summed E-state index contributed by atoms with van der Waals surface area (Å²) in [4.78, 5) is 24.7. The van der Waals surface area contributed by atoms with Gasteiger partial charge in [0, 0.05) is 6.54 Å². The molecule has 0 spiro atoms. The number of hydrogen-bond acceptors (Lipinski definition) is 4. The van der Waals surface area contributed by atoms with Crippen molar-refractivity contribution in [2.45, 2.75) is 38.6 Å². The Kier molecular flexibility index (Phi) is 6.06. The maximum Gasteiger partial charge on any atom is 0.309 e. The molecule has 25 heavy (non-hydrogen) atoms. The van der Waals surface area contributed by atoms with E-state index in [-0.39, 0.29) is 6.54 Å². The standard InChI is InChI=1S/C19H22N2O3S/c22-18(20-11-10-14-5-2-1-3-6-14)19(23)21-13-15-8-9-16(24-15)17-7-4-12-25-17/h4-5,7-9,12H,1-3,6,10-11,13H2,(H,20,22)(H,21,23). The molecule has 2 N–H and O–H groups in total. The fraction of sp³-hybridized carbons (Fsp3) is 0.368. The van der Waals surface area contributed by atoms with Gasteiger partial charge in [-0.25, -0.2) is 0 Å². The second-order valence-corrected chi connectivity index (χ2v) is 6.99. The van der Waals surface area contributed by atoms with Crippen molar-refractivity contribution in [1.29, 1.82) is 0 Å². The van der Waals surface area contributed by atoms with E-state index in [1.54, 1.807) is 11.3 Å². The van der Waals surface area contributed by atoms with Crippen LogP contribution in [0.1, 0.15) is 37.9 Å². The highest BCUT2D eigenvalue weighted by Gasteiger charge is 2.14. The van der Waals surface area contributed by atoms with Crippen molar-refractivity contribution in [1.82, 2.24) is 10.6 Å².